The van der Waals surface area contributed by atoms with Crippen LogP contribution in [0.25, 0.3) is 0 Å². The van der Waals surface area contributed by atoms with Crippen molar-refractivity contribution in [3.8, 4) is 0 Å². The van der Waals surface area contributed by atoms with E-state index in [0.717, 1.165) is 9.13 Å². The summed E-state index contributed by atoms with van der Waals surface area (Å²) in [5.41, 5.74) is 2.68. The predicted molar refractivity (Wildman–Crippen MR) is 127 cm³/mol. The smallest absolute Gasteiger partial charge is 0.258 e. The summed E-state index contributed by atoms with van der Waals surface area (Å²) in [6.45, 7) is 0.446. The Kier molecular flexibility index (Phi) is 7.31. The minimum atomic E-state index is -0.288. The number of carbonyl (C=O) groups excluding carboxylic acids is 2. The molecule has 0 saturated heterocycles. The summed E-state index contributed by atoms with van der Waals surface area (Å²) in [5, 5.41) is 8.65. The Balaban J connectivity index is 1.59. The van der Waals surface area contributed by atoms with E-state index in [2.05, 4.69) is 38.5 Å². The molecule has 0 aliphatic rings. The molecule has 7 heteroatoms. The Morgan fingerprint density at radius 1 is 0.862 bits per heavy atom. The molecule has 5 nitrogen and oxygen atoms in total. The van der Waals surface area contributed by atoms with Gasteiger partial charge in [0.25, 0.3) is 11.8 Å². The van der Waals surface area contributed by atoms with Crippen molar-refractivity contribution in [3.63, 3.8) is 0 Å². The molecule has 3 rings (SSSR count). The number of hydrogen-bond acceptors (Lipinski definition) is 3. The highest BCUT2D eigenvalue weighted by Gasteiger charge is 2.12. The first-order chi connectivity index (χ1) is 14.0. The third kappa shape index (κ3) is 6.10. The van der Waals surface area contributed by atoms with Gasteiger partial charge in [-0.05, 0) is 70.7 Å². The number of anilines is 1. The van der Waals surface area contributed by atoms with Gasteiger partial charge in [-0.25, -0.2) is 0 Å². The topological polar surface area (TPSA) is 70.2 Å². The van der Waals surface area contributed by atoms with E-state index in [1.54, 1.807) is 36.4 Å². The Hall–Kier alpha value is -2.78. The number of carbonyl (C=O) groups is 2. The lowest BCUT2D eigenvalue weighted by Gasteiger charge is -2.11. The molecule has 0 fully saturated rings. The van der Waals surface area contributed by atoms with E-state index in [1.807, 2.05) is 42.5 Å². The molecule has 29 heavy (non-hydrogen) atoms. The average molecular weight is 515 g/mol. The SMILES string of the molecule is O=C(NCc1ccccc1)c1cccc(NC(=S)NC(=O)c2ccccc2I)c1. The van der Waals surface area contributed by atoms with E-state index in [1.165, 1.54) is 0 Å². The second-order valence-electron chi connectivity index (χ2n) is 6.14. The summed E-state index contributed by atoms with van der Waals surface area (Å²) in [5.74, 6) is -0.476. The minimum Gasteiger partial charge on any atom is -0.348 e. The first kappa shape index (κ1) is 20.9. The van der Waals surface area contributed by atoms with Gasteiger partial charge in [0.1, 0.15) is 0 Å². The molecule has 0 aliphatic carbocycles. The van der Waals surface area contributed by atoms with E-state index in [4.69, 9.17) is 12.2 Å². The number of benzene rings is 3. The van der Waals surface area contributed by atoms with Crippen LogP contribution in [-0.4, -0.2) is 16.9 Å². The fraction of sp³-hybridized carbons (Fsp3) is 0.0455. The number of nitrogens with one attached hydrogen (secondary N) is 3. The predicted octanol–water partition coefficient (Wildman–Crippen LogP) is 4.35. The lowest BCUT2D eigenvalue weighted by Crippen LogP contribution is -2.34. The highest BCUT2D eigenvalue weighted by molar-refractivity contribution is 14.1. The van der Waals surface area contributed by atoms with Crippen LogP contribution in [0.1, 0.15) is 26.3 Å². The first-order valence-electron chi connectivity index (χ1n) is 8.82. The Morgan fingerprint density at radius 3 is 2.34 bits per heavy atom. The molecule has 0 aromatic heterocycles. The summed E-state index contributed by atoms with van der Waals surface area (Å²) in [6.07, 6.45) is 0. The van der Waals surface area contributed by atoms with Crippen molar-refractivity contribution in [2.75, 3.05) is 5.32 Å². The molecule has 0 unspecified atom stereocenters. The zero-order valence-corrected chi connectivity index (χ0v) is 18.3. The maximum absolute atomic E-state index is 12.4. The highest BCUT2D eigenvalue weighted by atomic mass is 127. The van der Waals surface area contributed by atoms with Crippen molar-refractivity contribution >= 4 is 57.4 Å². The molecule has 0 heterocycles. The molecule has 2 amide bonds. The van der Waals surface area contributed by atoms with Gasteiger partial charge in [-0.1, -0.05) is 48.5 Å². The molecule has 0 saturated carbocycles. The maximum Gasteiger partial charge on any atom is 0.258 e. The normalized spacial score (nSPS) is 10.1. The number of thiocarbonyl (C=S) groups is 1. The van der Waals surface area contributed by atoms with Crippen LogP contribution in [0, 0.1) is 3.57 Å². The van der Waals surface area contributed by atoms with Crippen LogP contribution >= 0.6 is 34.8 Å². The highest BCUT2D eigenvalue weighted by Crippen LogP contribution is 2.13. The van der Waals surface area contributed by atoms with Gasteiger partial charge < -0.3 is 10.6 Å². The molecule has 0 radical (unpaired) electrons. The molecular formula is C22H18IN3O2S. The molecule has 3 aromatic carbocycles. The fourth-order valence-electron chi connectivity index (χ4n) is 2.60. The van der Waals surface area contributed by atoms with E-state index in [0.29, 0.717) is 23.4 Å². The van der Waals surface area contributed by atoms with Crippen LogP contribution in [0.4, 0.5) is 5.69 Å². The van der Waals surface area contributed by atoms with Gasteiger partial charge >= 0.3 is 0 Å². The molecule has 3 aromatic rings. The molecule has 3 N–H and O–H groups in total. The van der Waals surface area contributed by atoms with Crippen molar-refractivity contribution in [2.24, 2.45) is 0 Å². The largest absolute Gasteiger partial charge is 0.348 e. The number of hydrogen-bond donors (Lipinski definition) is 3. The van der Waals surface area contributed by atoms with Crippen LogP contribution in [0.3, 0.4) is 0 Å². The third-order valence-electron chi connectivity index (χ3n) is 4.02. The van der Waals surface area contributed by atoms with E-state index in [-0.39, 0.29) is 16.9 Å². The van der Waals surface area contributed by atoms with Gasteiger partial charge in [-0.2, -0.15) is 0 Å². The summed E-state index contributed by atoms with van der Waals surface area (Å²) >= 11 is 7.33. The molecule has 0 atom stereocenters. The van der Waals surface area contributed by atoms with Crippen molar-refractivity contribution in [1.82, 2.24) is 10.6 Å². The van der Waals surface area contributed by atoms with Gasteiger partial charge in [0, 0.05) is 21.4 Å². The van der Waals surface area contributed by atoms with Crippen LogP contribution in [0.5, 0.6) is 0 Å². The molecule has 0 aliphatic heterocycles. The molecule has 0 bridgehead atoms. The van der Waals surface area contributed by atoms with Gasteiger partial charge in [-0.15, -0.1) is 0 Å². The summed E-state index contributed by atoms with van der Waals surface area (Å²) in [7, 11) is 0. The Morgan fingerprint density at radius 2 is 1.59 bits per heavy atom. The Labute approximate surface area is 188 Å². The quantitative estimate of drug-likeness (QED) is 0.349. The van der Waals surface area contributed by atoms with Gasteiger partial charge in [0.15, 0.2) is 5.11 Å². The third-order valence-corrected chi connectivity index (χ3v) is 5.17. The van der Waals surface area contributed by atoms with E-state index >= 15 is 0 Å². The minimum absolute atomic E-state index is 0.163. The zero-order valence-electron chi connectivity index (χ0n) is 15.3. The zero-order chi connectivity index (χ0) is 20.6. The molecule has 0 spiro atoms. The maximum atomic E-state index is 12.4. The van der Waals surface area contributed by atoms with Crippen LogP contribution in [0.2, 0.25) is 0 Å². The number of halogens is 1. The molecule has 146 valence electrons. The number of rotatable bonds is 5. The van der Waals surface area contributed by atoms with Crippen LogP contribution in [0.15, 0.2) is 78.9 Å². The van der Waals surface area contributed by atoms with Crippen molar-refractivity contribution in [1.29, 1.82) is 0 Å². The van der Waals surface area contributed by atoms with E-state index in [9.17, 15) is 9.59 Å². The lowest BCUT2D eigenvalue weighted by molar-refractivity contribution is 0.0948. The summed E-state index contributed by atoms with van der Waals surface area (Å²) in [4.78, 5) is 24.8. The average Bonchev–Trinajstić information content (AvgIpc) is 2.73. The van der Waals surface area contributed by atoms with Crippen LogP contribution < -0.4 is 16.0 Å². The summed E-state index contributed by atoms with van der Waals surface area (Å²) in [6, 6.07) is 23.9. The van der Waals surface area contributed by atoms with E-state index < -0.39 is 0 Å². The number of amides is 2. The second-order valence-corrected chi connectivity index (χ2v) is 7.71. The van der Waals surface area contributed by atoms with Crippen molar-refractivity contribution < 1.29 is 9.59 Å². The summed E-state index contributed by atoms with van der Waals surface area (Å²) < 4.78 is 0.836. The lowest BCUT2D eigenvalue weighted by atomic mass is 10.1. The van der Waals surface area contributed by atoms with Crippen LogP contribution in [-0.2, 0) is 6.54 Å². The van der Waals surface area contributed by atoms with Gasteiger partial charge in [-0.3, -0.25) is 14.9 Å². The monoisotopic (exact) mass is 515 g/mol. The first-order valence-corrected chi connectivity index (χ1v) is 10.3. The van der Waals surface area contributed by atoms with Crippen molar-refractivity contribution in [3.05, 3.63) is 99.1 Å². The fourth-order valence-corrected chi connectivity index (χ4v) is 3.44. The Bertz CT molecular complexity index is 1040. The van der Waals surface area contributed by atoms with Gasteiger partial charge in [0.2, 0.25) is 0 Å². The molecular weight excluding hydrogens is 497 g/mol. The van der Waals surface area contributed by atoms with Gasteiger partial charge in [0.05, 0.1) is 5.56 Å². The standard InChI is InChI=1S/C22H18IN3O2S/c23-19-12-5-4-11-18(19)21(28)26-22(29)25-17-10-6-9-16(13-17)20(27)24-14-15-7-2-1-3-8-15/h1-13H,14H2,(H,24,27)(H2,25,26,28,29). The van der Waals surface area contributed by atoms with Crippen molar-refractivity contribution in [2.45, 2.75) is 6.54 Å². The second kappa shape index (κ2) is 10.1.